The number of hydrogen-bond acceptors (Lipinski definition) is 7. The largest absolute Gasteiger partial charge is 0.507 e. The number of aromatic hydroxyl groups is 1. The van der Waals surface area contributed by atoms with E-state index >= 15 is 0 Å². The molecule has 0 spiro atoms. The van der Waals surface area contributed by atoms with Crippen LogP contribution in [0.15, 0.2) is 48.0 Å². The molecule has 3 rings (SSSR count). The first-order chi connectivity index (χ1) is 16.4. The Kier molecular flexibility index (Phi) is 8.17. The van der Waals surface area contributed by atoms with E-state index in [-0.39, 0.29) is 22.8 Å². The number of benzene rings is 2. The van der Waals surface area contributed by atoms with Gasteiger partial charge >= 0.3 is 0 Å². The van der Waals surface area contributed by atoms with Crippen LogP contribution >= 0.6 is 0 Å². The van der Waals surface area contributed by atoms with Crippen LogP contribution in [0.3, 0.4) is 0 Å². The lowest BCUT2D eigenvalue weighted by molar-refractivity contribution is -0.140. The van der Waals surface area contributed by atoms with Crippen molar-refractivity contribution in [1.29, 1.82) is 0 Å². The summed E-state index contributed by atoms with van der Waals surface area (Å²) in [6, 6.07) is 10.6. The van der Waals surface area contributed by atoms with E-state index in [4.69, 9.17) is 9.47 Å². The second kappa shape index (κ2) is 11.1. The number of rotatable bonds is 10. The molecule has 8 nitrogen and oxygen atoms in total. The third kappa shape index (κ3) is 4.87. The first-order valence-corrected chi connectivity index (χ1v) is 11.5. The molecule has 1 fully saturated rings. The number of nitrogens with zero attached hydrogens (tertiary/aromatic N) is 2. The second-order valence-electron chi connectivity index (χ2n) is 7.88. The number of para-hydroxylation sites is 1. The maximum atomic E-state index is 13.2. The third-order valence-electron chi connectivity index (χ3n) is 6.05. The van der Waals surface area contributed by atoms with Crippen LogP contribution in [0, 0.1) is 0 Å². The number of aliphatic hydroxyl groups is 1. The van der Waals surface area contributed by atoms with Crippen LogP contribution < -0.4 is 9.47 Å². The minimum atomic E-state index is -0.847. The molecule has 2 aromatic rings. The topological polar surface area (TPSA) is 99.5 Å². The average molecular weight is 469 g/mol. The summed E-state index contributed by atoms with van der Waals surface area (Å²) < 4.78 is 10.9. The standard InChI is InChI=1S/C26H32N2O6/c1-5-27(6-2)14-15-28-23(17-12-13-19(29)21(16-17)34-7-3)22(25(31)26(28)32)24(30)18-10-8-9-11-20(18)33-4/h8-13,16,23,29-30H,5-7,14-15H2,1-4H3/b24-22-. The number of amides is 1. The van der Waals surface area contributed by atoms with Gasteiger partial charge < -0.3 is 29.5 Å². The molecule has 8 heteroatoms. The minimum absolute atomic E-state index is 0.0258. The normalized spacial score (nSPS) is 17.4. The van der Waals surface area contributed by atoms with Gasteiger partial charge in [0.05, 0.1) is 30.9 Å². The van der Waals surface area contributed by atoms with Gasteiger partial charge in [-0.1, -0.05) is 32.0 Å². The first-order valence-electron chi connectivity index (χ1n) is 11.5. The van der Waals surface area contributed by atoms with Crippen molar-refractivity contribution in [1.82, 2.24) is 9.80 Å². The molecule has 1 aliphatic heterocycles. The summed E-state index contributed by atoms with van der Waals surface area (Å²) in [7, 11) is 1.47. The van der Waals surface area contributed by atoms with E-state index in [1.54, 1.807) is 43.3 Å². The van der Waals surface area contributed by atoms with Gasteiger partial charge in [0, 0.05) is 13.1 Å². The van der Waals surface area contributed by atoms with E-state index in [2.05, 4.69) is 4.90 Å². The molecule has 1 atom stereocenters. The quantitative estimate of drug-likeness (QED) is 0.312. The fourth-order valence-electron chi connectivity index (χ4n) is 4.20. The lowest BCUT2D eigenvalue weighted by Crippen LogP contribution is -2.38. The number of ether oxygens (including phenoxy) is 2. The van der Waals surface area contributed by atoms with Crippen molar-refractivity contribution in [3.63, 3.8) is 0 Å². The first kappa shape index (κ1) is 25.1. The molecular weight excluding hydrogens is 436 g/mol. The number of carbonyl (C=O) groups is 2. The molecule has 0 radical (unpaired) electrons. The van der Waals surface area contributed by atoms with E-state index in [0.717, 1.165) is 13.1 Å². The molecular formula is C26H32N2O6. The Labute approximate surface area is 200 Å². The van der Waals surface area contributed by atoms with Gasteiger partial charge in [-0.2, -0.15) is 0 Å². The Bertz CT molecular complexity index is 1080. The molecule has 1 aliphatic rings. The molecule has 1 saturated heterocycles. The summed E-state index contributed by atoms with van der Waals surface area (Å²) >= 11 is 0. The van der Waals surface area contributed by atoms with Crippen molar-refractivity contribution in [2.75, 3.05) is 39.9 Å². The lowest BCUT2D eigenvalue weighted by atomic mass is 9.94. The van der Waals surface area contributed by atoms with Crippen LogP contribution in [0.1, 0.15) is 37.9 Å². The summed E-state index contributed by atoms with van der Waals surface area (Å²) in [4.78, 5) is 30.0. The molecule has 34 heavy (non-hydrogen) atoms. The number of aliphatic hydroxyl groups excluding tert-OH is 1. The molecule has 1 amide bonds. The highest BCUT2D eigenvalue weighted by atomic mass is 16.5. The Hall–Kier alpha value is -3.52. The Morgan fingerprint density at radius 2 is 1.76 bits per heavy atom. The maximum absolute atomic E-state index is 13.2. The van der Waals surface area contributed by atoms with Gasteiger partial charge in [0.2, 0.25) is 0 Å². The number of phenols is 1. The predicted octanol–water partition coefficient (Wildman–Crippen LogP) is 3.56. The molecule has 0 bridgehead atoms. The minimum Gasteiger partial charge on any atom is -0.507 e. The number of likely N-dealkylation sites (tertiary alicyclic amines) is 1. The fourth-order valence-corrected chi connectivity index (χ4v) is 4.20. The van der Waals surface area contributed by atoms with Crippen molar-refractivity contribution < 1.29 is 29.3 Å². The summed E-state index contributed by atoms with van der Waals surface area (Å²) in [6.07, 6.45) is 0. The number of hydrogen-bond donors (Lipinski definition) is 2. The van der Waals surface area contributed by atoms with Crippen molar-refractivity contribution >= 4 is 17.4 Å². The molecule has 2 aromatic carbocycles. The van der Waals surface area contributed by atoms with E-state index in [1.165, 1.54) is 18.1 Å². The van der Waals surface area contributed by atoms with E-state index in [0.29, 0.717) is 36.6 Å². The third-order valence-corrected chi connectivity index (χ3v) is 6.05. The van der Waals surface area contributed by atoms with Crippen LogP contribution in [0.5, 0.6) is 17.2 Å². The molecule has 0 aliphatic carbocycles. The number of ketones is 1. The number of methoxy groups -OCH3 is 1. The van der Waals surface area contributed by atoms with Crippen molar-refractivity contribution in [2.24, 2.45) is 0 Å². The summed E-state index contributed by atoms with van der Waals surface area (Å²) in [6.45, 7) is 8.67. The van der Waals surface area contributed by atoms with Crippen LogP contribution in [-0.4, -0.2) is 71.6 Å². The second-order valence-corrected chi connectivity index (χ2v) is 7.88. The summed E-state index contributed by atoms with van der Waals surface area (Å²) in [5.41, 5.74) is 0.846. The van der Waals surface area contributed by atoms with E-state index < -0.39 is 17.7 Å². The predicted molar refractivity (Wildman–Crippen MR) is 129 cm³/mol. The summed E-state index contributed by atoms with van der Waals surface area (Å²) in [5.74, 6) is -1.17. The Morgan fingerprint density at radius 3 is 2.41 bits per heavy atom. The van der Waals surface area contributed by atoms with Crippen LogP contribution in [0.25, 0.3) is 5.76 Å². The van der Waals surface area contributed by atoms with Crippen LogP contribution in [0.2, 0.25) is 0 Å². The zero-order valence-corrected chi connectivity index (χ0v) is 20.1. The molecule has 0 saturated carbocycles. The van der Waals surface area contributed by atoms with Gasteiger partial charge in [-0.3, -0.25) is 9.59 Å². The maximum Gasteiger partial charge on any atom is 0.295 e. The van der Waals surface area contributed by atoms with Gasteiger partial charge in [-0.25, -0.2) is 0 Å². The zero-order valence-electron chi connectivity index (χ0n) is 20.1. The van der Waals surface area contributed by atoms with Crippen molar-refractivity contribution in [3.05, 3.63) is 59.2 Å². The number of carbonyl (C=O) groups excluding carboxylic acids is 2. The van der Waals surface area contributed by atoms with E-state index in [1.807, 2.05) is 13.8 Å². The molecule has 1 unspecified atom stereocenters. The van der Waals surface area contributed by atoms with Gasteiger partial charge in [0.15, 0.2) is 11.5 Å². The zero-order chi connectivity index (χ0) is 24.8. The molecule has 182 valence electrons. The van der Waals surface area contributed by atoms with Gasteiger partial charge in [0.1, 0.15) is 11.5 Å². The summed E-state index contributed by atoms with van der Waals surface area (Å²) in [5, 5.41) is 21.5. The molecule has 1 heterocycles. The van der Waals surface area contributed by atoms with E-state index in [9.17, 15) is 19.8 Å². The van der Waals surface area contributed by atoms with Gasteiger partial charge in [-0.05, 0) is 49.8 Å². The lowest BCUT2D eigenvalue weighted by Gasteiger charge is -2.28. The number of phenolic OH excluding ortho intramolecular Hbond substituents is 1. The van der Waals surface area contributed by atoms with Crippen LogP contribution in [-0.2, 0) is 9.59 Å². The van der Waals surface area contributed by atoms with Crippen LogP contribution in [0.4, 0.5) is 0 Å². The highest BCUT2D eigenvalue weighted by molar-refractivity contribution is 6.46. The monoisotopic (exact) mass is 468 g/mol. The van der Waals surface area contributed by atoms with Gasteiger partial charge in [0.25, 0.3) is 11.7 Å². The van der Waals surface area contributed by atoms with Crippen molar-refractivity contribution in [2.45, 2.75) is 26.8 Å². The number of Topliss-reactive ketones (excluding diaryl/α,β-unsaturated/α-hetero) is 1. The highest BCUT2D eigenvalue weighted by Gasteiger charge is 2.46. The highest BCUT2D eigenvalue weighted by Crippen LogP contribution is 2.42. The molecule has 0 aromatic heterocycles. The fraction of sp³-hybridized carbons (Fsp3) is 0.385. The molecule has 2 N–H and O–H groups in total. The number of likely N-dealkylation sites (N-methyl/N-ethyl adjacent to an activating group) is 1. The van der Waals surface area contributed by atoms with Gasteiger partial charge in [-0.15, -0.1) is 0 Å². The van der Waals surface area contributed by atoms with Crippen molar-refractivity contribution in [3.8, 4) is 17.2 Å². The Morgan fingerprint density at radius 1 is 1.06 bits per heavy atom. The average Bonchev–Trinajstić information content (AvgIpc) is 3.10. The SMILES string of the molecule is CCOc1cc(C2/C(=C(/O)c3ccccc3OC)C(=O)C(=O)N2CCN(CC)CC)ccc1O. The smallest absolute Gasteiger partial charge is 0.295 e. The Balaban J connectivity index is 2.18.